The van der Waals surface area contributed by atoms with E-state index < -0.39 is 0 Å². The van der Waals surface area contributed by atoms with Gasteiger partial charge in [-0.15, -0.1) is 5.10 Å². The van der Waals surface area contributed by atoms with Crippen LogP contribution in [0.25, 0.3) is 0 Å². The first-order valence-corrected chi connectivity index (χ1v) is 6.20. The first kappa shape index (κ1) is 12.7. The number of amides is 1. The van der Waals surface area contributed by atoms with Crippen molar-refractivity contribution in [1.82, 2.24) is 15.0 Å². The van der Waals surface area contributed by atoms with Crippen LogP contribution < -0.4 is 5.43 Å². The van der Waals surface area contributed by atoms with E-state index >= 15 is 0 Å². The lowest BCUT2D eigenvalue weighted by molar-refractivity contribution is 0.0958. The first-order chi connectivity index (χ1) is 8.68. The minimum absolute atomic E-state index is 0.328. The second-order valence-corrected chi connectivity index (χ2v) is 4.57. The smallest absolute Gasteiger partial charge is 0.266 e. The molecule has 0 saturated heterocycles. The van der Waals surface area contributed by atoms with Gasteiger partial charge in [0.15, 0.2) is 0 Å². The molecule has 0 aliphatic heterocycles. The van der Waals surface area contributed by atoms with E-state index in [1.807, 2.05) is 12.1 Å². The highest BCUT2D eigenvalue weighted by Crippen LogP contribution is 2.12. The van der Waals surface area contributed by atoms with Crippen LogP contribution in [0, 0.1) is 6.92 Å². The monoisotopic (exact) mass is 280 g/mol. The summed E-state index contributed by atoms with van der Waals surface area (Å²) in [6.45, 7) is 1.72. The normalized spacial score (nSPS) is 10.8. The maximum Gasteiger partial charge on any atom is 0.285 e. The van der Waals surface area contributed by atoms with Crippen molar-refractivity contribution < 1.29 is 4.79 Å². The Balaban J connectivity index is 2.03. The molecule has 2 aromatic rings. The van der Waals surface area contributed by atoms with Gasteiger partial charge >= 0.3 is 0 Å². The summed E-state index contributed by atoms with van der Waals surface area (Å²) in [6, 6.07) is 7.22. The van der Waals surface area contributed by atoms with Crippen molar-refractivity contribution in [3.05, 3.63) is 45.4 Å². The summed E-state index contributed by atoms with van der Waals surface area (Å²) in [7, 11) is 0. The molecule has 18 heavy (non-hydrogen) atoms. The van der Waals surface area contributed by atoms with Gasteiger partial charge in [0.1, 0.15) is 4.88 Å². The molecule has 0 saturated carbocycles. The molecule has 7 heteroatoms. The molecule has 0 unspecified atom stereocenters. The number of aryl methyl sites for hydroxylation is 1. The number of nitrogens with one attached hydrogen (secondary N) is 1. The number of rotatable bonds is 3. The van der Waals surface area contributed by atoms with Gasteiger partial charge in [-0.05, 0) is 24.5 Å². The van der Waals surface area contributed by atoms with E-state index in [1.165, 1.54) is 6.21 Å². The van der Waals surface area contributed by atoms with Crippen LogP contribution in [-0.2, 0) is 0 Å². The maximum absolute atomic E-state index is 11.7. The Hall–Kier alpha value is -1.79. The van der Waals surface area contributed by atoms with Crippen molar-refractivity contribution in [3.63, 3.8) is 0 Å². The van der Waals surface area contributed by atoms with Gasteiger partial charge in [-0.3, -0.25) is 4.79 Å². The van der Waals surface area contributed by atoms with Gasteiger partial charge in [0, 0.05) is 10.6 Å². The van der Waals surface area contributed by atoms with Crippen molar-refractivity contribution in [3.8, 4) is 0 Å². The number of hydrazone groups is 1. The summed E-state index contributed by atoms with van der Waals surface area (Å²) in [5, 5.41) is 8.17. The average Bonchev–Trinajstić information content (AvgIpc) is 2.78. The first-order valence-electron chi connectivity index (χ1n) is 5.05. The minimum Gasteiger partial charge on any atom is -0.266 e. The predicted molar refractivity (Wildman–Crippen MR) is 71.2 cm³/mol. The van der Waals surface area contributed by atoms with Gasteiger partial charge in [0.2, 0.25) is 0 Å². The predicted octanol–water partition coefficient (Wildman–Crippen LogP) is 2.26. The standard InChI is InChI=1S/C11H9ClN4OS/c1-7-10(18-16-14-7)11(17)15-13-6-8-4-2-3-5-9(8)12/h2-6H,1H3,(H,15,17). The molecule has 5 nitrogen and oxygen atoms in total. The number of hydrogen-bond acceptors (Lipinski definition) is 5. The number of carbonyl (C=O) groups excluding carboxylic acids is 1. The highest BCUT2D eigenvalue weighted by atomic mass is 35.5. The molecule has 0 spiro atoms. The van der Waals surface area contributed by atoms with Crippen LogP contribution in [0.1, 0.15) is 20.9 Å². The van der Waals surface area contributed by atoms with Crippen LogP contribution in [0.3, 0.4) is 0 Å². The van der Waals surface area contributed by atoms with Gasteiger partial charge in [0.05, 0.1) is 11.9 Å². The lowest BCUT2D eigenvalue weighted by Crippen LogP contribution is -2.17. The van der Waals surface area contributed by atoms with E-state index in [1.54, 1.807) is 19.1 Å². The Morgan fingerprint density at radius 3 is 2.94 bits per heavy atom. The Bertz CT molecular complexity index is 596. The molecule has 0 atom stereocenters. The van der Waals surface area contributed by atoms with Gasteiger partial charge in [-0.1, -0.05) is 34.3 Å². The molecule has 0 aliphatic rings. The molecule has 0 bridgehead atoms. The van der Waals surface area contributed by atoms with Crippen LogP contribution >= 0.6 is 23.1 Å². The van der Waals surface area contributed by atoms with Crippen LogP contribution in [0.4, 0.5) is 0 Å². The van der Waals surface area contributed by atoms with E-state index in [0.717, 1.165) is 17.1 Å². The number of hydrogen-bond donors (Lipinski definition) is 1. The van der Waals surface area contributed by atoms with Crippen molar-refractivity contribution in [1.29, 1.82) is 0 Å². The van der Waals surface area contributed by atoms with Crippen molar-refractivity contribution >= 4 is 35.3 Å². The lowest BCUT2D eigenvalue weighted by Gasteiger charge is -1.97. The quantitative estimate of drug-likeness (QED) is 0.693. The summed E-state index contributed by atoms with van der Waals surface area (Å²) >= 11 is 6.98. The Labute approximate surface area is 113 Å². The number of aromatic nitrogens is 2. The highest BCUT2D eigenvalue weighted by Gasteiger charge is 2.11. The van der Waals surface area contributed by atoms with E-state index in [2.05, 4.69) is 20.1 Å². The SMILES string of the molecule is Cc1nnsc1C(=O)NN=Cc1ccccc1Cl. The summed E-state index contributed by atoms with van der Waals surface area (Å²) in [5.74, 6) is -0.328. The number of halogens is 1. The zero-order valence-electron chi connectivity index (χ0n) is 9.42. The Morgan fingerprint density at radius 2 is 2.28 bits per heavy atom. The third-order valence-electron chi connectivity index (χ3n) is 2.13. The van der Waals surface area contributed by atoms with Crippen LogP contribution in [0.15, 0.2) is 29.4 Å². The van der Waals surface area contributed by atoms with Crippen molar-refractivity contribution in [2.24, 2.45) is 5.10 Å². The fourth-order valence-corrected chi connectivity index (χ4v) is 1.96. The molecule has 1 aromatic carbocycles. The van der Waals surface area contributed by atoms with E-state index in [0.29, 0.717) is 15.6 Å². The largest absolute Gasteiger partial charge is 0.285 e. The fraction of sp³-hybridized carbons (Fsp3) is 0.0909. The number of nitrogens with zero attached hydrogens (tertiary/aromatic N) is 3. The van der Waals surface area contributed by atoms with Crippen molar-refractivity contribution in [2.45, 2.75) is 6.92 Å². The molecule has 0 radical (unpaired) electrons. The molecule has 0 aliphatic carbocycles. The fourth-order valence-electron chi connectivity index (χ4n) is 1.23. The molecular formula is C11H9ClN4OS. The molecule has 1 aromatic heterocycles. The molecule has 2 rings (SSSR count). The molecule has 1 amide bonds. The minimum atomic E-state index is -0.328. The molecular weight excluding hydrogens is 272 g/mol. The molecule has 92 valence electrons. The second kappa shape index (κ2) is 5.70. The van der Waals surface area contributed by atoms with Crippen molar-refractivity contribution in [2.75, 3.05) is 0 Å². The van der Waals surface area contributed by atoms with Crippen LogP contribution in [0.2, 0.25) is 5.02 Å². The summed E-state index contributed by atoms with van der Waals surface area (Å²) in [4.78, 5) is 12.1. The van der Waals surface area contributed by atoms with Gasteiger partial charge in [-0.2, -0.15) is 5.10 Å². The van der Waals surface area contributed by atoms with E-state index in [9.17, 15) is 4.79 Å². The maximum atomic E-state index is 11.7. The number of benzene rings is 1. The third-order valence-corrected chi connectivity index (χ3v) is 3.30. The summed E-state index contributed by atoms with van der Waals surface area (Å²) in [5.41, 5.74) is 3.73. The highest BCUT2D eigenvalue weighted by molar-refractivity contribution is 7.07. The summed E-state index contributed by atoms with van der Waals surface area (Å²) in [6.07, 6.45) is 1.49. The second-order valence-electron chi connectivity index (χ2n) is 3.41. The molecule has 0 fully saturated rings. The van der Waals surface area contributed by atoms with E-state index in [-0.39, 0.29) is 5.91 Å². The van der Waals surface area contributed by atoms with Crippen LogP contribution in [-0.4, -0.2) is 21.7 Å². The molecule has 1 N–H and O–H groups in total. The third kappa shape index (κ3) is 2.91. The van der Waals surface area contributed by atoms with Gasteiger partial charge < -0.3 is 0 Å². The summed E-state index contributed by atoms with van der Waals surface area (Å²) < 4.78 is 3.68. The topological polar surface area (TPSA) is 67.2 Å². The Kier molecular flexibility index (Phi) is 4.01. The number of carbonyl (C=O) groups is 1. The zero-order chi connectivity index (χ0) is 13.0. The zero-order valence-corrected chi connectivity index (χ0v) is 11.0. The van der Waals surface area contributed by atoms with E-state index in [4.69, 9.17) is 11.6 Å². The Morgan fingerprint density at radius 1 is 1.50 bits per heavy atom. The lowest BCUT2D eigenvalue weighted by atomic mass is 10.2. The average molecular weight is 281 g/mol. The van der Waals surface area contributed by atoms with Crippen LogP contribution in [0.5, 0.6) is 0 Å². The molecule has 1 heterocycles. The van der Waals surface area contributed by atoms with Gasteiger partial charge in [-0.25, -0.2) is 5.43 Å². The van der Waals surface area contributed by atoms with Gasteiger partial charge in [0.25, 0.3) is 5.91 Å².